The second-order valence-electron chi connectivity index (χ2n) is 7.28. The summed E-state index contributed by atoms with van der Waals surface area (Å²) in [6.45, 7) is 8.93. The summed E-state index contributed by atoms with van der Waals surface area (Å²) < 4.78 is 5.40. The van der Waals surface area contributed by atoms with E-state index in [2.05, 4.69) is 29.3 Å². The van der Waals surface area contributed by atoms with E-state index in [4.69, 9.17) is 10.5 Å². The molecule has 1 aliphatic rings. The number of rotatable bonds is 4. The Hall–Kier alpha value is -1.51. The van der Waals surface area contributed by atoms with Gasteiger partial charge in [-0.3, -0.25) is 4.99 Å². The molecule has 0 saturated carbocycles. The molecule has 1 saturated heterocycles. The predicted octanol–water partition coefficient (Wildman–Crippen LogP) is 3.10. The molecule has 26 heavy (non-hydrogen) atoms. The summed E-state index contributed by atoms with van der Waals surface area (Å²) in [6.07, 6.45) is 1.72. The number of hydrogen-bond donors (Lipinski definition) is 1. The lowest BCUT2D eigenvalue weighted by Crippen LogP contribution is -2.53. The SMILES string of the molecule is CC(C)(C)OC(=O)N1CCN(C(N)=NCCCc2ccccc2)CC1.I. The van der Waals surface area contributed by atoms with Gasteiger partial charge in [0.1, 0.15) is 5.60 Å². The highest BCUT2D eigenvalue weighted by atomic mass is 127. The van der Waals surface area contributed by atoms with Crippen molar-refractivity contribution in [3.05, 3.63) is 35.9 Å². The number of amides is 1. The second kappa shape index (κ2) is 10.6. The van der Waals surface area contributed by atoms with Crippen LogP contribution in [0.1, 0.15) is 32.8 Å². The number of aryl methyl sites for hydroxylation is 1. The highest BCUT2D eigenvalue weighted by Crippen LogP contribution is 2.12. The maximum absolute atomic E-state index is 12.1. The van der Waals surface area contributed by atoms with Crippen molar-refractivity contribution in [3.8, 4) is 0 Å². The smallest absolute Gasteiger partial charge is 0.410 e. The minimum absolute atomic E-state index is 0. The van der Waals surface area contributed by atoms with Gasteiger partial charge in [-0.2, -0.15) is 0 Å². The molecule has 2 rings (SSSR count). The Morgan fingerprint density at radius 1 is 1.12 bits per heavy atom. The average Bonchev–Trinajstić information content (AvgIpc) is 2.58. The van der Waals surface area contributed by atoms with E-state index in [-0.39, 0.29) is 30.1 Å². The summed E-state index contributed by atoms with van der Waals surface area (Å²) in [5, 5.41) is 0. The molecular weight excluding hydrogens is 443 g/mol. The van der Waals surface area contributed by atoms with Crippen molar-refractivity contribution < 1.29 is 9.53 Å². The number of carbonyl (C=O) groups excluding carboxylic acids is 1. The van der Waals surface area contributed by atoms with Gasteiger partial charge in [0.25, 0.3) is 0 Å². The third-order valence-corrected chi connectivity index (χ3v) is 4.00. The summed E-state index contributed by atoms with van der Waals surface area (Å²) in [5.41, 5.74) is 6.95. The van der Waals surface area contributed by atoms with E-state index in [1.165, 1.54) is 5.56 Å². The van der Waals surface area contributed by atoms with Crippen LogP contribution in [0.3, 0.4) is 0 Å². The standard InChI is InChI=1S/C19H30N4O2.HI/c1-19(2,3)25-18(24)23-14-12-22(13-15-23)17(20)21-11-7-10-16-8-5-4-6-9-16;/h4-6,8-9H,7,10-15H2,1-3H3,(H2,20,21);1H. The van der Waals surface area contributed by atoms with Gasteiger partial charge >= 0.3 is 6.09 Å². The minimum Gasteiger partial charge on any atom is -0.444 e. The first-order valence-electron chi connectivity index (χ1n) is 8.92. The molecule has 0 aromatic heterocycles. The van der Waals surface area contributed by atoms with Gasteiger partial charge in [0, 0.05) is 32.7 Å². The molecule has 0 radical (unpaired) electrons. The number of hydrogen-bond acceptors (Lipinski definition) is 3. The van der Waals surface area contributed by atoms with Crippen molar-refractivity contribution in [2.75, 3.05) is 32.7 Å². The molecule has 1 aromatic carbocycles. The summed E-state index contributed by atoms with van der Waals surface area (Å²) in [7, 11) is 0. The number of ether oxygens (including phenoxy) is 1. The molecule has 0 atom stereocenters. The van der Waals surface area contributed by atoms with Crippen LogP contribution < -0.4 is 5.73 Å². The fourth-order valence-electron chi connectivity index (χ4n) is 2.67. The topological polar surface area (TPSA) is 71.2 Å². The van der Waals surface area contributed by atoms with Crippen LogP contribution in [0.2, 0.25) is 0 Å². The minimum atomic E-state index is -0.465. The molecule has 0 bridgehead atoms. The molecular formula is C19H31IN4O2. The van der Waals surface area contributed by atoms with Gasteiger partial charge in [0.2, 0.25) is 0 Å². The molecule has 0 unspecified atom stereocenters. The highest BCUT2D eigenvalue weighted by molar-refractivity contribution is 14.0. The maximum atomic E-state index is 12.1. The number of guanidine groups is 1. The molecule has 6 nitrogen and oxygen atoms in total. The van der Waals surface area contributed by atoms with Crippen LogP contribution in [0.25, 0.3) is 0 Å². The Labute approximate surface area is 173 Å². The molecule has 7 heteroatoms. The Morgan fingerprint density at radius 2 is 1.69 bits per heavy atom. The van der Waals surface area contributed by atoms with Gasteiger partial charge in [-0.05, 0) is 39.2 Å². The van der Waals surface area contributed by atoms with E-state index in [1.807, 2.05) is 31.7 Å². The first kappa shape index (κ1) is 22.5. The van der Waals surface area contributed by atoms with Gasteiger partial charge in [0.05, 0.1) is 0 Å². The summed E-state index contributed by atoms with van der Waals surface area (Å²) in [6, 6.07) is 10.4. The van der Waals surface area contributed by atoms with Crippen molar-refractivity contribution >= 4 is 36.0 Å². The lowest BCUT2D eigenvalue weighted by atomic mass is 10.1. The van der Waals surface area contributed by atoms with E-state index in [0.29, 0.717) is 38.7 Å². The largest absolute Gasteiger partial charge is 0.444 e. The molecule has 1 aliphatic heterocycles. The fourth-order valence-corrected chi connectivity index (χ4v) is 2.67. The summed E-state index contributed by atoms with van der Waals surface area (Å²) in [5.74, 6) is 0.567. The van der Waals surface area contributed by atoms with E-state index in [0.717, 1.165) is 12.8 Å². The normalized spacial score (nSPS) is 15.4. The Morgan fingerprint density at radius 3 is 2.27 bits per heavy atom. The summed E-state index contributed by atoms with van der Waals surface area (Å²) >= 11 is 0. The average molecular weight is 474 g/mol. The van der Waals surface area contributed by atoms with Crippen molar-refractivity contribution in [2.24, 2.45) is 10.7 Å². The third kappa shape index (κ3) is 7.80. The van der Waals surface area contributed by atoms with E-state index in [9.17, 15) is 4.79 Å². The molecule has 1 aromatic rings. The number of aliphatic imine (C=N–C) groups is 1. The van der Waals surface area contributed by atoms with Crippen LogP contribution in [0.4, 0.5) is 4.79 Å². The van der Waals surface area contributed by atoms with Gasteiger partial charge in [-0.1, -0.05) is 30.3 Å². The van der Waals surface area contributed by atoms with Gasteiger partial charge < -0.3 is 20.3 Å². The van der Waals surface area contributed by atoms with Crippen molar-refractivity contribution in [1.82, 2.24) is 9.80 Å². The van der Waals surface area contributed by atoms with Crippen LogP contribution in [0.15, 0.2) is 35.3 Å². The number of carbonyl (C=O) groups is 1. The molecule has 146 valence electrons. The molecule has 1 fully saturated rings. The quantitative estimate of drug-likeness (QED) is 0.315. The number of benzene rings is 1. The number of nitrogens with two attached hydrogens (primary N) is 1. The van der Waals surface area contributed by atoms with Crippen LogP contribution >= 0.6 is 24.0 Å². The van der Waals surface area contributed by atoms with Crippen molar-refractivity contribution in [2.45, 2.75) is 39.2 Å². The zero-order valence-corrected chi connectivity index (χ0v) is 18.3. The first-order valence-corrected chi connectivity index (χ1v) is 8.92. The Balaban J connectivity index is 0.00000338. The molecule has 2 N–H and O–H groups in total. The number of nitrogens with zero attached hydrogens (tertiary/aromatic N) is 3. The zero-order chi connectivity index (χ0) is 18.3. The second-order valence-corrected chi connectivity index (χ2v) is 7.28. The summed E-state index contributed by atoms with van der Waals surface area (Å²) in [4.78, 5) is 20.3. The predicted molar refractivity (Wildman–Crippen MR) is 116 cm³/mol. The number of piperazine rings is 1. The molecule has 0 aliphatic carbocycles. The van der Waals surface area contributed by atoms with Crippen molar-refractivity contribution in [1.29, 1.82) is 0 Å². The Bertz CT molecular complexity index is 579. The lowest BCUT2D eigenvalue weighted by Gasteiger charge is -2.36. The van der Waals surface area contributed by atoms with Crippen LogP contribution in [-0.4, -0.2) is 60.2 Å². The molecule has 1 amide bonds. The van der Waals surface area contributed by atoms with Crippen LogP contribution in [0.5, 0.6) is 0 Å². The van der Waals surface area contributed by atoms with Crippen molar-refractivity contribution in [3.63, 3.8) is 0 Å². The zero-order valence-electron chi connectivity index (χ0n) is 16.0. The molecule has 1 heterocycles. The number of halogens is 1. The first-order chi connectivity index (χ1) is 11.8. The van der Waals surface area contributed by atoms with E-state index < -0.39 is 5.60 Å². The van der Waals surface area contributed by atoms with E-state index in [1.54, 1.807) is 4.90 Å². The van der Waals surface area contributed by atoms with Crippen LogP contribution in [0, 0.1) is 0 Å². The van der Waals surface area contributed by atoms with E-state index >= 15 is 0 Å². The lowest BCUT2D eigenvalue weighted by molar-refractivity contribution is 0.0186. The van der Waals surface area contributed by atoms with Gasteiger partial charge in [-0.15, -0.1) is 24.0 Å². The molecule has 0 spiro atoms. The fraction of sp³-hybridized carbons (Fsp3) is 0.579. The van der Waals surface area contributed by atoms with Crippen LogP contribution in [-0.2, 0) is 11.2 Å². The highest BCUT2D eigenvalue weighted by Gasteiger charge is 2.26. The third-order valence-electron chi connectivity index (χ3n) is 4.00. The van der Waals surface area contributed by atoms with Gasteiger partial charge in [-0.25, -0.2) is 4.79 Å². The van der Waals surface area contributed by atoms with Gasteiger partial charge in [0.15, 0.2) is 5.96 Å². The maximum Gasteiger partial charge on any atom is 0.410 e. The Kier molecular flexibility index (Phi) is 9.18. The monoisotopic (exact) mass is 474 g/mol.